The van der Waals surface area contributed by atoms with Crippen molar-refractivity contribution >= 4 is 17.3 Å². The maximum absolute atomic E-state index is 12.4. The van der Waals surface area contributed by atoms with E-state index in [4.69, 9.17) is 4.74 Å². The molecule has 0 N–H and O–H groups in total. The highest BCUT2D eigenvalue weighted by molar-refractivity contribution is 5.75. The van der Waals surface area contributed by atoms with Gasteiger partial charge in [0.25, 0.3) is 11.4 Å². The molecule has 2 aliphatic heterocycles. The van der Waals surface area contributed by atoms with Gasteiger partial charge in [0.2, 0.25) is 0 Å². The second kappa shape index (κ2) is 6.40. The summed E-state index contributed by atoms with van der Waals surface area (Å²) in [5.41, 5.74) is -0.269. The Bertz CT molecular complexity index is 737. The molecule has 134 valence electrons. The van der Waals surface area contributed by atoms with Crippen LogP contribution < -0.4 is 0 Å². The first-order valence-electron chi connectivity index (χ1n) is 8.07. The number of nitro benzene ring substituents is 2. The van der Waals surface area contributed by atoms with Crippen LogP contribution >= 0.6 is 0 Å². The molecular weight excluding hydrogens is 330 g/mol. The van der Waals surface area contributed by atoms with Crippen LogP contribution in [0.1, 0.15) is 30.7 Å². The number of methoxy groups -OCH3 is 1. The van der Waals surface area contributed by atoms with Crippen LogP contribution in [0, 0.1) is 26.1 Å². The lowest BCUT2D eigenvalue weighted by atomic mass is 9.75. The molecule has 2 saturated heterocycles. The third kappa shape index (κ3) is 2.84. The predicted molar refractivity (Wildman–Crippen MR) is 87.2 cm³/mol. The number of esters is 1. The number of benzene rings is 1. The fourth-order valence-corrected chi connectivity index (χ4v) is 4.36. The molecule has 25 heavy (non-hydrogen) atoms. The van der Waals surface area contributed by atoms with E-state index in [1.165, 1.54) is 19.2 Å². The zero-order chi connectivity index (χ0) is 18.3. The van der Waals surface area contributed by atoms with E-state index in [0.717, 1.165) is 18.9 Å². The van der Waals surface area contributed by atoms with Crippen molar-refractivity contribution in [2.24, 2.45) is 5.92 Å². The fourth-order valence-electron chi connectivity index (χ4n) is 4.36. The van der Waals surface area contributed by atoms with Crippen LogP contribution in [0.25, 0.3) is 0 Å². The molecule has 2 fully saturated rings. The largest absolute Gasteiger partial charge is 0.469 e. The molecule has 4 atom stereocenters. The minimum absolute atomic E-state index is 0.0361. The molecule has 0 saturated carbocycles. The normalized spacial score (nSPS) is 28.6. The van der Waals surface area contributed by atoms with Crippen LogP contribution in [0.2, 0.25) is 0 Å². The Morgan fingerprint density at radius 2 is 1.96 bits per heavy atom. The first kappa shape index (κ1) is 17.3. The average Bonchev–Trinajstić information content (AvgIpc) is 2.82. The van der Waals surface area contributed by atoms with Crippen LogP contribution in [0.5, 0.6) is 0 Å². The summed E-state index contributed by atoms with van der Waals surface area (Å²) in [5.74, 6) is -1.30. The van der Waals surface area contributed by atoms with Crippen molar-refractivity contribution in [1.82, 2.24) is 4.90 Å². The van der Waals surface area contributed by atoms with Gasteiger partial charge in [0.15, 0.2) is 0 Å². The lowest BCUT2D eigenvalue weighted by Crippen LogP contribution is -2.49. The van der Waals surface area contributed by atoms with Gasteiger partial charge in [-0.25, -0.2) is 0 Å². The van der Waals surface area contributed by atoms with Crippen LogP contribution in [0.4, 0.5) is 11.4 Å². The molecule has 0 spiro atoms. The Hall–Kier alpha value is -2.55. The number of fused-ring (bicyclic) bond motifs is 2. The Kier molecular flexibility index (Phi) is 4.42. The van der Waals surface area contributed by atoms with Gasteiger partial charge in [0.1, 0.15) is 0 Å². The first-order valence-corrected chi connectivity index (χ1v) is 8.07. The number of hydrogen-bond acceptors (Lipinski definition) is 7. The van der Waals surface area contributed by atoms with E-state index in [9.17, 15) is 25.0 Å². The third-order valence-corrected chi connectivity index (χ3v) is 5.56. The molecule has 0 aliphatic carbocycles. The van der Waals surface area contributed by atoms with Crippen molar-refractivity contribution in [3.63, 3.8) is 0 Å². The zero-order valence-electron chi connectivity index (χ0n) is 14.0. The number of piperidine rings is 1. The minimum Gasteiger partial charge on any atom is -0.469 e. The molecule has 1 aromatic carbocycles. The highest BCUT2D eigenvalue weighted by Crippen LogP contribution is 2.48. The monoisotopic (exact) mass is 349 g/mol. The van der Waals surface area contributed by atoms with Gasteiger partial charge in [-0.05, 0) is 32.4 Å². The standard InChI is InChI=1S/C16H19N3O6/c1-17-9-4-6-13(17)15(16(20)25-2)12(7-9)11-5-3-10(18(21)22)8-14(11)19(23)24/h3,5,8-9,12-13,15H,4,6-7H2,1-2H3. The Morgan fingerprint density at radius 1 is 1.24 bits per heavy atom. The summed E-state index contributed by atoms with van der Waals surface area (Å²) in [5, 5.41) is 22.4. The number of ether oxygens (including phenoxy) is 1. The molecule has 9 nitrogen and oxygen atoms in total. The highest BCUT2D eigenvalue weighted by atomic mass is 16.6. The first-order chi connectivity index (χ1) is 11.8. The fraction of sp³-hybridized carbons (Fsp3) is 0.562. The zero-order valence-corrected chi connectivity index (χ0v) is 14.0. The van der Waals surface area contributed by atoms with Gasteiger partial charge >= 0.3 is 5.97 Å². The van der Waals surface area contributed by atoms with Crippen molar-refractivity contribution in [3.8, 4) is 0 Å². The van der Waals surface area contributed by atoms with Crippen molar-refractivity contribution in [3.05, 3.63) is 44.0 Å². The quantitative estimate of drug-likeness (QED) is 0.465. The van der Waals surface area contributed by atoms with Crippen molar-refractivity contribution in [1.29, 1.82) is 0 Å². The van der Waals surface area contributed by atoms with E-state index in [0.29, 0.717) is 12.0 Å². The molecule has 4 unspecified atom stereocenters. The summed E-state index contributed by atoms with van der Waals surface area (Å²) in [4.78, 5) is 35.7. The Morgan fingerprint density at radius 3 is 2.56 bits per heavy atom. The molecule has 1 aromatic rings. The van der Waals surface area contributed by atoms with E-state index >= 15 is 0 Å². The lowest BCUT2D eigenvalue weighted by molar-refractivity contribution is -0.394. The van der Waals surface area contributed by atoms with Gasteiger partial charge in [-0.3, -0.25) is 29.9 Å². The van der Waals surface area contributed by atoms with E-state index < -0.39 is 21.7 Å². The predicted octanol–water partition coefficient (Wildman–Crippen LogP) is 2.24. The van der Waals surface area contributed by atoms with E-state index in [1.807, 2.05) is 7.05 Å². The summed E-state index contributed by atoms with van der Waals surface area (Å²) >= 11 is 0. The maximum atomic E-state index is 12.4. The smallest absolute Gasteiger partial charge is 0.310 e. The molecule has 2 aliphatic rings. The average molecular weight is 349 g/mol. The second-order valence-corrected chi connectivity index (χ2v) is 6.61. The van der Waals surface area contributed by atoms with Crippen LogP contribution in [0.15, 0.2) is 18.2 Å². The van der Waals surface area contributed by atoms with Crippen LogP contribution in [0.3, 0.4) is 0 Å². The summed E-state index contributed by atoms with van der Waals surface area (Å²) in [7, 11) is 3.27. The van der Waals surface area contributed by atoms with Gasteiger partial charge in [-0.2, -0.15) is 0 Å². The number of nitro groups is 2. The minimum atomic E-state index is -0.660. The van der Waals surface area contributed by atoms with Crippen LogP contribution in [-0.2, 0) is 9.53 Å². The molecule has 0 amide bonds. The molecule has 2 heterocycles. The van der Waals surface area contributed by atoms with E-state index in [-0.39, 0.29) is 29.4 Å². The van der Waals surface area contributed by atoms with Crippen LogP contribution in [-0.4, -0.2) is 47.0 Å². The number of carbonyl (C=O) groups excluding carboxylic acids is 1. The SMILES string of the molecule is COC(=O)C1C(c2ccc([N+](=O)[O-])cc2[N+](=O)[O-])CC2CCC1N2C. The molecule has 0 aromatic heterocycles. The van der Waals surface area contributed by atoms with Crippen molar-refractivity contribution < 1.29 is 19.4 Å². The molecule has 2 bridgehead atoms. The maximum Gasteiger partial charge on any atom is 0.310 e. The number of rotatable bonds is 4. The number of hydrogen-bond donors (Lipinski definition) is 0. The highest BCUT2D eigenvalue weighted by Gasteiger charge is 2.51. The summed E-state index contributed by atoms with van der Waals surface area (Å²) in [6.45, 7) is 0. The number of carbonyl (C=O) groups is 1. The van der Waals surface area contributed by atoms with Crippen molar-refractivity contribution in [2.45, 2.75) is 37.3 Å². The molecular formula is C16H19N3O6. The molecule has 9 heteroatoms. The molecule has 3 rings (SSSR count). The second-order valence-electron chi connectivity index (χ2n) is 6.61. The van der Waals surface area contributed by atoms with Gasteiger partial charge < -0.3 is 4.74 Å². The van der Waals surface area contributed by atoms with Crippen molar-refractivity contribution in [2.75, 3.05) is 14.2 Å². The van der Waals surface area contributed by atoms with Gasteiger partial charge in [0.05, 0.1) is 28.9 Å². The lowest BCUT2D eigenvalue weighted by Gasteiger charge is -2.41. The van der Waals surface area contributed by atoms with E-state index in [1.54, 1.807) is 0 Å². The van der Waals surface area contributed by atoms with Gasteiger partial charge in [-0.15, -0.1) is 0 Å². The summed E-state index contributed by atoms with van der Waals surface area (Å²) in [6, 6.07) is 3.86. The Labute approximate surface area is 143 Å². The molecule has 0 radical (unpaired) electrons. The van der Waals surface area contributed by atoms with Gasteiger partial charge in [0, 0.05) is 29.6 Å². The Balaban J connectivity index is 2.08. The third-order valence-electron chi connectivity index (χ3n) is 5.56. The summed E-state index contributed by atoms with van der Waals surface area (Å²) in [6.07, 6.45) is 2.34. The van der Waals surface area contributed by atoms with Gasteiger partial charge in [-0.1, -0.05) is 0 Å². The number of non-ortho nitro benzene ring substituents is 1. The number of nitrogens with zero attached hydrogens (tertiary/aromatic N) is 3. The van der Waals surface area contributed by atoms with E-state index in [2.05, 4.69) is 4.90 Å². The topological polar surface area (TPSA) is 116 Å². The summed E-state index contributed by atoms with van der Waals surface area (Å²) < 4.78 is 4.96.